The number of ether oxygens (including phenoxy) is 1. The number of hydrogen-bond donors (Lipinski definition) is 1. The Kier molecular flexibility index (Phi) is 3.59. The van der Waals surface area contributed by atoms with Crippen molar-refractivity contribution in [2.24, 2.45) is 0 Å². The van der Waals surface area contributed by atoms with Gasteiger partial charge >= 0.3 is 5.97 Å². The molecule has 0 saturated heterocycles. The molecule has 0 amide bonds. The van der Waals surface area contributed by atoms with Crippen molar-refractivity contribution in [2.45, 2.75) is 13.3 Å². The van der Waals surface area contributed by atoms with Crippen LogP contribution in [0.2, 0.25) is 0 Å². The van der Waals surface area contributed by atoms with Crippen molar-refractivity contribution >= 4 is 11.5 Å². The molecule has 0 radical (unpaired) electrons. The topological polar surface area (TPSA) is 38.3 Å². The van der Waals surface area contributed by atoms with Crippen LogP contribution in [0.3, 0.4) is 0 Å². The summed E-state index contributed by atoms with van der Waals surface area (Å²) in [6.45, 7) is 3.97. The quantitative estimate of drug-likeness (QED) is 0.793. The van der Waals surface area contributed by atoms with Gasteiger partial charge in [0, 0.05) is 6.54 Å². The monoisotopic (exact) mass is 231 g/mol. The number of carbonyl (C=O) groups excluding carboxylic acids is 1. The highest BCUT2D eigenvalue weighted by Crippen LogP contribution is 2.24. The lowest BCUT2D eigenvalue weighted by Gasteiger charge is -2.16. The van der Waals surface area contributed by atoms with Crippen LogP contribution < -0.4 is 5.32 Å². The first-order valence-corrected chi connectivity index (χ1v) is 5.81. The number of aryl methyl sites for hydroxylation is 1. The van der Waals surface area contributed by atoms with Gasteiger partial charge in [0.1, 0.15) is 0 Å². The summed E-state index contributed by atoms with van der Waals surface area (Å²) < 4.78 is 4.71. The smallest absolute Gasteiger partial charge is 0.337 e. The zero-order chi connectivity index (χ0) is 12.3. The number of rotatable bonds is 2. The van der Waals surface area contributed by atoms with Crippen molar-refractivity contribution < 1.29 is 9.53 Å². The predicted octanol–water partition coefficient (Wildman–Crippen LogP) is 2.16. The van der Waals surface area contributed by atoms with Gasteiger partial charge in [-0.15, -0.1) is 0 Å². The van der Waals surface area contributed by atoms with E-state index < -0.39 is 0 Å². The van der Waals surface area contributed by atoms with Crippen molar-refractivity contribution in [3.8, 4) is 0 Å². The molecule has 1 aliphatic rings. The summed E-state index contributed by atoms with van der Waals surface area (Å²) in [5.41, 5.74) is 4.33. The fourth-order valence-corrected chi connectivity index (χ4v) is 2.14. The van der Waals surface area contributed by atoms with Gasteiger partial charge in [-0.05, 0) is 48.7 Å². The third kappa shape index (κ3) is 2.56. The molecule has 3 heteroatoms. The lowest BCUT2D eigenvalue weighted by Crippen LogP contribution is -2.20. The van der Waals surface area contributed by atoms with Crippen molar-refractivity contribution in [1.82, 2.24) is 5.32 Å². The molecular weight excluding hydrogens is 214 g/mol. The molecule has 1 aliphatic heterocycles. The molecule has 90 valence electrons. The summed E-state index contributed by atoms with van der Waals surface area (Å²) in [5, 5.41) is 3.29. The molecule has 0 saturated carbocycles. The molecule has 1 N–H and O–H groups in total. The highest BCUT2D eigenvalue weighted by atomic mass is 16.5. The van der Waals surface area contributed by atoms with Gasteiger partial charge in [-0.3, -0.25) is 0 Å². The van der Waals surface area contributed by atoms with Crippen molar-refractivity contribution in [3.05, 3.63) is 41.0 Å². The standard InChI is InChI=1S/C14H17NO2/c1-10-9-12(14(16)17-2)3-4-13(10)11-5-7-15-8-6-11/h3-5,9,15H,6-8H2,1-2H3. The Balaban J connectivity index is 2.31. The Morgan fingerprint density at radius 1 is 1.41 bits per heavy atom. The fraction of sp³-hybridized carbons (Fsp3) is 0.357. The molecule has 1 heterocycles. The van der Waals surface area contributed by atoms with E-state index in [1.807, 2.05) is 25.1 Å². The molecule has 3 nitrogen and oxygen atoms in total. The Morgan fingerprint density at radius 3 is 2.82 bits per heavy atom. The molecule has 0 spiro atoms. The van der Waals surface area contributed by atoms with E-state index in [0.29, 0.717) is 5.56 Å². The molecule has 1 aromatic rings. The van der Waals surface area contributed by atoms with Crippen LogP contribution in [0.1, 0.15) is 27.9 Å². The maximum Gasteiger partial charge on any atom is 0.337 e. The van der Waals surface area contributed by atoms with Gasteiger partial charge in [-0.2, -0.15) is 0 Å². The minimum Gasteiger partial charge on any atom is -0.465 e. The first-order valence-electron chi connectivity index (χ1n) is 5.81. The van der Waals surface area contributed by atoms with Gasteiger partial charge in [0.2, 0.25) is 0 Å². The number of carbonyl (C=O) groups is 1. The van der Waals surface area contributed by atoms with Crippen molar-refractivity contribution in [2.75, 3.05) is 20.2 Å². The van der Waals surface area contributed by atoms with E-state index in [4.69, 9.17) is 4.74 Å². The summed E-state index contributed by atoms with van der Waals surface area (Å²) in [4.78, 5) is 11.4. The third-order valence-corrected chi connectivity index (χ3v) is 3.06. The number of esters is 1. The van der Waals surface area contributed by atoms with Gasteiger partial charge < -0.3 is 10.1 Å². The van der Waals surface area contributed by atoms with E-state index in [2.05, 4.69) is 11.4 Å². The van der Waals surface area contributed by atoms with Gasteiger partial charge in [-0.1, -0.05) is 12.1 Å². The van der Waals surface area contributed by atoms with E-state index in [9.17, 15) is 4.79 Å². The van der Waals surface area contributed by atoms with Crippen LogP contribution in [0.15, 0.2) is 24.3 Å². The second-order valence-electron chi connectivity index (χ2n) is 4.20. The Labute approximate surface area is 101 Å². The molecule has 0 aromatic heterocycles. The zero-order valence-corrected chi connectivity index (χ0v) is 10.2. The molecule has 0 unspecified atom stereocenters. The average Bonchev–Trinajstić information content (AvgIpc) is 2.38. The lowest BCUT2D eigenvalue weighted by atomic mass is 9.95. The van der Waals surface area contributed by atoms with E-state index in [1.54, 1.807) is 0 Å². The number of methoxy groups -OCH3 is 1. The molecule has 2 rings (SSSR count). The predicted molar refractivity (Wildman–Crippen MR) is 68.0 cm³/mol. The lowest BCUT2D eigenvalue weighted by molar-refractivity contribution is 0.0600. The maximum absolute atomic E-state index is 11.4. The van der Waals surface area contributed by atoms with E-state index in [1.165, 1.54) is 18.2 Å². The van der Waals surface area contributed by atoms with Gasteiger partial charge in [0.05, 0.1) is 12.7 Å². The number of hydrogen-bond acceptors (Lipinski definition) is 3. The van der Waals surface area contributed by atoms with Crippen LogP contribution in [0.5, 0.6) is 0 Å². The van der Waals surface area contributed by atoms with Gasteiger partial charge in [-0.25, -0.2) is 4.79 Å². The second kappa shape index (κ2) is 5.15. The van der Waals surface area contributed by atoms with E-state index in [-0.39, 0.29) is 5.97 Å². The van der Waals surface area contributed by atoms with Crippen molar-refractivity contribution in [1.29, 1.82) is 0 Å². The summed E-state index contributed by atoms with van der Waals surface area (Å²) in [5.74, 6) is -0.279. The molecule has 0 fully saturated rings. The highest BCUT2D eigenvalue weighted by molar-refractivity contribution is 5.90. The third-order valence-electron chi connectivity index (χ3n) is 3.06. The Hall–Kier alpha value is -1.61. The molecule has 1 aromatic carbocycles. The molecule has 0 bridgehead atoms. The Morgan fingerprint density at radius 2 is 2.24 bits per heavy atom. The summed E-state index contributed by atoms with van der Waals surface area (Å²) >= 11 is 0. The fourth-order valence-electron chi connectivity index (χ4n) is 2.14. The highest BCUT2D eigenvalue weighted by Gasteiger charge is 2.11. The van der Waals surface area contributed by atoms with Crippen LogP contribution in [-0.2, 0) is 4.74 Å². The minimum atomic E-state index is -0.279. The SMILES string of the molecule is COC(=O)c1ccc(C2=CCNCC2)c(C)c1. The van der Waals surface area contributed by atoms with Gasteiger partial charge in [0.25, 0.3) is 0 Å². The largest absolute Gasteiger partial charge is 0.465 e. The summed E-state index contributed by atoms with van der Waals surface area (Å²) in [6, 6.07) is 5.74. The van der Waals surface area contributed by atoms with Crippen LogP contribution in [0.25, 0.3) is 5.57 Å². The average molecular weight is 231 g/mol. The molecule has 17 heavy (non-hydrogen) atoms. The van der Waals surface area contributed by atoms with Crippen LogP contribution >= 0.6 is 0 Å². The van der Waals surface area contributed by atoms with Crippen LogP contribution in [0, 0.1) is 6.92 Å². The van der Waals surface area contributed by atoms with Crippen LogP contribution in [0.4, 0.5) is 0 Å². The zero-order valence-electron chi connectivity index (χ0n) is 10.2. The summed E-state index contributed by atoms with van der Waals surface area (Å²) in [7, 11) is 1.40. The minimum absolute atomic E-state index is 0.279. The van der Waals surface area contributed by atoms with E-state index >= 15 is 0 Å². The maximum atomic E-state index is 11.4. The van der Waals surface area contributed by atoms with E-state index in [0.717, 1.165) is 25.1 Å². The first-order chi connectivity index (χ1) is 8.22. The first kappa shape index (κ1) is 11.9. The number of benzene rings is 1. The van der Waals surface area contributed by atoms with Gasteiger partial charge in [0.15, 0.2) is 0 Å². The van der Waals surface area contributed by atoms with Crippen molar-refractivity contribution in [3.63, 3.8) is 0 Å². The second-order valence-corrected chi connectivity index (χ2v) is 4.20. The Bertz CT molecular complexity index is 463. The summed E-state index contributed by atoms with van der Waals surface area (Å²) in [6.07, 6.45) is 3.25. The molecule has 0 aliphatic carbocycles. The van der Waals surface area contributed by atoms with Crippen LogP contribution in [-0.4, -0.2) is 26.2 Å². The normalized spacial score (nSPS) is 15.3. The molecular formula is C14H17NO2. The number of nitrogens with one attached hydrogen (secondary N) is 1. The molecule has 0 atom stereocenters.